The Morgan fingerprint density at radius 2 is 1.29 bits per heavy atom. The van der Waals surface area contributed by atoms with Crippen molar-refractivity contribution in [2.24, 2.45) is 16.1 Å². The molecular formula is C42H52N6O9SSi. The molecule has 3 aromatic carbocycles. The first-order valence-corrected chi connectivity index (χ1v) is 22.6. The molecule has 0 spiro atoms. The molecule has 0 heterocycles. The zero-order chi connectivity index (χ0) is 43.4. The second kappa shape index (κ2) is 20.6. The number of aliphatic hydroxyl groups is 1. The van der Waals surface area contributed by atoms with Crippen LogP contribution in [0.4, 0.5) is 0 Å². The van der Waals surface area contributed by atoms with Gasteiger partial charge in [0.15, 0.2) is 0 Å². The molecule has 6 atom stereocenters. The van der Waals surface area contributed by atoms with E-state index in [2.05, 4.69) is 65.1 Å². The molecule has 3 aromatic rings. The maximum atomic E-state index is 12.6. The fourth-order valence-electron chi connectivity index (χ4n) is 7.30. The predicted molar refractivity (Wildman–Crippen MR) is 225 cm³/mol. The van der Waals surface area contributed by atoms with Crippen LogP contribution in [0.3, 0.4) is 0 Å². The van der Waals surface area contributed by atoms with Crippen molar-refractivity contribution in [3.05, 3.63) is 135 Å². The summed E-state index contributed by atoms with van der Waals surface area (Å²) in [6, 6.07) is 25.0. The number of ether oxygens (including phenoxy) is 2. The van der Waals surface area contributed by atoms with Gasteiger partial charge < -0.3 is 19.0 Å². The van der Waals surface area contributed by atoms with Crippen LogP contribution in [0.25, 0.3) is 20.9 Å². The molecule has 2 aliphatic rings. The lowest BCUT2D eigenvalue weighted by atomic mass is 9.85. The van der Waals surface area contributed by atoms with E-state index in [9.17, 15) is 28.6 Å². The molecule has 0 saturated carbocycles. The van der Waals surface area contributed by atoms with E-state index in [4.69, 9.17) is 23.6 Å². The minimum absolute atomic E-state index is 0.0628. The first-order valence-electron chi connectivity index (χ1n) is 19.3. The molecule has 0 amide bonds. The van der Waals surface area contributed by atoms with Crippen molar-refractivity contribution in [2.75, 3.05) is 13.2 Å². The maximum absolute atomic E-state index is 12.6. The Labute approximate surface area is 346 Å². The van der Waals surface area contributed by atoms with Gasteiger partial charge in [-0.15, -0.1) is 0 Å². The van der Waals surface area contributed by atoms with Crippen molar-refractivity contribution < 1.29 is 41.2 Å². The number of nitrogens with zero attached hydrogens (tertiary/aromatic N) is 6. The summed E-state index contributed by atoms with van der Waals surface area (Å²) in [6.07, 6.45) is 0.225. The summed E-state index contributed by atoms with van der Waals surface area (Å²) in [7, 11) is -7.09. The van der Waals surface area contributed by atoms with Gasteiger partial charge >= 0.3 is 11.9 Å². The zero-order valence-electron chi connectivity index (χ0n) is 34.3. The Bertz CT molecular complexity index is 2150. The molecule has 2 aliphatic carbocycles. The Hall–Kier alpha value is -5.25. The van der Waals surface area contributed by atoms with Crippen LogP contribution in [0.15, 0.2) is 123 Å². The normalized spacial score (nSPS) is 21.8. The molecule has 0 radical (unpaired) electrons. The summed E-state index contributed by atoms with van der Waals surface area (Å²) in [5.41, 5.74) is 19.5. The van der Waals surface area contributed by atoms with Crippen LogP contribution in [-0.2, 0) is 37.8 Å². The fourth-order valence-corrected chi connectivity index (χ4v) is 13.0. The minimum Gasteiger partial charge on any atom is -0.463 e. The second-order valence-corrected chi connectivity index (χ2v) is 21.0. The van der Waals surface area contributed by atoms with E-state index < -0.39 is 54.8 Å². The molecular weight excluding hydrogens is 793 g/mol. The molecule has 314 valence electrons. The third-order valence-corrected chi connectivity index (χ3v) is 16.5. The van der Waals surface area contributed by atoms with Crippen LogP contribution in [0.2, 0.25) is 5.04 Å². The average Bonchev–Trinajstić information content (AvgIpc) is 3.20. The Balaban J connectivity index is 0.000000268. The van der Waals surface area contributed by atoms with Crippen molar-refractivity contribution in [1.82, 2.24) is 0 Å². The molecule has 5 rings (SSSR count). The van der Waals surface area contributed by atoms with E-state index in [1.807, 2.05) is 49.4 Å². The molecule has 0 bridgehead atoms. The fraction of sp³-hybridized carbons (Fsp3) is 0.429. The molecule has 0 fully saturated rings. The van der Waals surface area contributed by atoms with Gasteiger partial charge in [-0.05, 0) is 71.4 Å². The summed E-state index contributed by atoms with van der Waals surface area (Å²) < 4.78 is 47.5. The molecule has 15 nitrogen and oxygen atoms in total. The summed E-state index contributed by atoms with van der Waals surface area (Å²) in [5, 5.41) is 19.8. The van der Waals surface area contributed by atoms with Gasteiger partial charge in [0.2, 0.25) is 0 Å². The number of esters is 2. The lowest BCUT2D eigenvalue weighted by Crippen LogP contribution is -2.68. The van der Waals surface area contributed by atoms with Gasteiger partial charge in [-0.2, -0.15) is 8.42 Å². The highest BCUT2D eigenvalue weighted by Gasteiger charge is 2.53. The number of carbonyl (C=O) groups is 2. The van der Waals surface area contributed by atoms with Gasteiger partial charge in [-0.3, -0.25) is 4.18 Å². The third-order valence-electron chi connectivity index (χ3n) is 10.1. The number of benzene rings is 3. The topological polar surface area (TPSA) is 223 Å². The molecule has 0 saturated heterocycles. The first-order chi connectivity index (χ1) is 28.0. The van der Waals surface area contributed by atoms with Crippen molar-refractivity contribution in [3.63, 3.8) is 0 Å². The average molecular weight is 845 g/mol. The molecule has 1 N–H and O–H groups in total. The van der Waals surface area contributed by atoms with Gasteiger partial charge in [0, 0.05) is 33.8 Å². The first kappa shape index (κ1) is 46.4. The molecule has 0 aromatic heterocycles. The smallest absolute Gasteiger partial charge is 0.333 e. The van der Waals surface area contributed by atoms with Gasteiger partial charge in [0.05, 0.1) is 42.4 Å². The molecule has 0 unspecified atom stereocenters. The van der Waals surface area contributed by atoms with Crippen LogP contribution >= 0.6 is 0 Å². The van der Waals surface area contributed by atoms with Crippen LogP contribution in [0.5, 0.6) is 0 Å². The van der Waals surface area contributed by atoms with Gasteiger partial charge in [0.25, 0.3) is 18.4 Å². The standard InChI is InChI=1S/C26H33N3O3Si.C16H19N3O6S/c1-6-31-25(30)20-17-19(2)24(28-29-27)23(18-20)32-33(26(3,4)5,21-13-9-7-10-14-21)22-15-11-8-12-16-22;1-3-24-16(21)11-8-13(20)15(18-19-17)14(9-11)25-26(22,23)12-6-4-10(2)5-7-12/h7-17,19,23-24H,6,18H2,1-5H3;4-7,9,13-15,20H,3,8H2,1-2H3/t19-,23+,24-;13-,14+,15-/m01/s1. The molecule has 0 aliphatic heterocycles. The largest absolute Gasteiger partial charge is 0.463 e. The summed E-state index contributed by atoms with van der Waals surface area (Å²) >= 11 is 0. The van der Waals surface area contributed by atoms with E-state index in [1.165, 1.54) is 18.2 Å². The number of azide groups is 2. The van der Waals surface area contributed by atoms with Gasteiger partial charge in [-0.25, -0.2) is 9.59 Å². The van der Waals surface area contributed by atoms with E-state index in [1.54, 1.807) is 32.9 Å². The Kier molecular flexibility index (Phi) is 16.2. The van der Waals surface area contributed by atoms with Crippen molar-refractivity contribution in [1.29, 1.82) is 0 Å². The molecule has 17 heteroatoms. The predicted octanol–water partition coefficient (Wildman–Crippen LogP) is 7.14. The van der Waals surface area contributed by atoms with Crippen molar-refractivity contribution >= 4 is 40.7 Å². The van der Waals surface area contributed by atoms with Gasteiger partial charge in [-0.1, -0.05) is 122 Å². The second-order valence-electron chi connectivity index (χ2n) is 15.2. The quantitative estimate of drug-likeness (QED) is 0.0460. The monoisotopic (exact) mass is 844 g/mol. The van der Waals surface area contributed by atoms with E-state index >= 15 is 0 Å². The third kappa shape index (κ3) is 11.3. The van der Waals surface area contributed by atoms with E-state index in [-0.39, 0.29) is 40.4 Å². The highest BCUT2D eigenvalue weighted by Crippen LogP contribution is 2.41. The Morgan fingerprint density at radius 3 is 1.76 bits per heavy atom. The summed E-state index contributed by atoms with van der Waals surface area (Å²) in [4.78, 5) is 30.2. The number of hydrogen-bond donors (Lipinski definition) is 1. The molecule has 59 heavy (non-hydrogen) atoms. The van der Waals surface area contributed by atoms with Crippen LogP contribution < -0.4 is 10.4 Å². The highest BCUT2D eigenvalue weighted by atomic mass is 32.2. The maximum Gasteiger partial charge on any atom is 0.333 e. The van der Waals surface area contributed by atoms with Crippen LogP contribution in [0, 0.1) is 12.8 Å². The minimum atomic E-state index is -4.20. The van der Waals surface area contributed by atoms with Gasteiger partial charge in [0.1, 0.15) is 6.10 Å². The lowest BCUT2D eigenvalue weighted by Gasteiger charge is -2.47. The number of carbonyl (C=O) groups excluding carboxylic acids is 2. The summed E-state index contributed by atoms with van der Waals surface area (Å²) in [5.74, 6) is -1.18. The highest BCUT2D eigenvalue weighted by molar-refractivity contribution is 7.86. The summed E-state index contributed by atoms with van der Waals surface area (Å²) in [6.45, 7) is 14.2. The zero-order valence-corrected chi connectivity index (χ0v) is 36.2. The number of hydrogen-bond acceptors (Lipinski definition) is 11. The van der Waals surface area contributed by atoms with Crippen LogP contribution in [-0.4, -0.2) is 77.4 Å². The van der Waals surface area contributed by atoms with Crippen molar-refractivity contribution in [3.8, 4) is 0 Å². The SMILES string of the molecule is CCOC(=O)C1=C[C@H](C)[C@H](N=[N+]=[N-])[C@H](O[Si](c2ccccc2)(c2ccccc2)C(C)(C)C)C1.CCOC(=O)C1=C[C@H](OS(=O)(=O)c2ccc(C)cc2)[C@H](N=[N+]=[N-])[C@H](O)C1. The number of rotatable bonds is 13. The Morgan fingerprint density at radius 1 is 0.797 bits per heavy atom. The van der Waals surface area contributed by atoms with E-state index in [0.29, 0.717) is 18.6 Å². The van der Waals surface area contributed by atoms with Crippen LogP contribution in [0.1, 0.15) is 59.9 Å². The van der Waals surface area contributed by atoms with Crippen molar-refractivity contribution in [2.45, 2.75) is 102 Å². The van der Waals surface area contributed by atoms with E-state index in [0.717, 1.165) is 15.9 Å². The lowest BCUT2D eigenvalue weighted by molar-refractivity contribution is -0.140. The number of aryl methyl sites for hydroxylation is 1. The number of aliphatic hydroxyl groups excluding tert-OH is 1.